The number of amides is 1. The largest absolute Gasteiger partial charge is 0.493 e. The van der Waals surface area contributed by atoms with E-state index in [0.717, 1.165) is 15.0 Å². The molecule has 3 rings (SSSR count). The quantitative estimate of drug-likeness (QED) is 0.612. The van der Waals surface area contributed by atoms with Gasteiger partial charge in [0.2, 0.25) is 11.0 Å². The number of carbonyl (C=O) groups is 1. The summed E-state index contributed by atoms with van der Waals surface area (Å²) in [5, 5.41) is 15.6. The third-order valence-electron chi connectivity index (χ3n) is 4.67. The minimum absolute atomic E-state index is 0.0997. The van der Waals surface area contributed by atoms with Crippen LogP contribution in [0.3, 0.4) is 0 Å². The average molecular weight is 423 g/mol. The van der Waals surface area contributed by atoms with Crippen molar-refractivity contribution in [1.29, 1.82) is 0 Å². The van der Waals surface area contributed by atoms with E-state index >= 15 is 0 Å². The van der Waals surface area contributed by atoms with E-state index in [2.05, 4.69) is 20.8 Å². The molecule has 1 aliphatic rings. The van der Waals surface area contributed by atoms with Gasteiger partial charge in [-0.15, -0.1) is 10.2 Å². The van der Waals surface area contributed by atoms with Gasteiger partial charge in [-0.25, -0.2) is 0 Å². The van der Waals surface area contributed by atoms with Crippen molar-refractivity contribution in [2.45, 2.75) is 49.4 Å². The molecule has 7 nitrogen and oxygen atoms in total. The highest BCUT2D eigenvalue weighted by Gasteiger charge is 2.16. The molecule has 0 aliphatic heterocycles. The number of aromatic nitrogens is 2. The van der Waals surface area contributed by atoms with Crippen LogP contribution in [0.5, 0.6) is 11.5 Å². The van der Waals surface area contributed by atoms with Crippen molar-refractivity contribution in [2.75, 3.05) is 30.6 Å². The topological polar surface area (TPSA) is 85.4 Å². The Bertz CT molecular complexity index is 806. The Hall–Kier alpha value is -2.00. The average Bonchev–Trinajstić information content (AvgIpc) is 3.15. The molecule has 0 unspecified atom stereocenters. The van der Waals surface area contributed by atoms with Gasteiger partial charge in [0.15, 0.2) is 15.8 Å². The molecular formula is C19H26N4O3S2. The molecule has 0 bridgehead atoms. The minimum Gasteiger partial charge on any atom is -0.493 e. The molecule has 2 aromatic rings. The standard InChI is InChI=1S/C19H26N4O3S2/c1-12-9-15(25-2)16(26-3)10-14(12)21-17(24)11-27-19-23-22-18(28-19)20-13-7-5-4-6-8-13/h9-10,13H,4-8,11H2,1-3H3,(H,20,22)(H,21,24). The Morgan fingerprint density at radius 3 is 2.61 bits per heavy atom. The van der Waals surface area contributed by atoms with Crippen molar-refractivity contribution in [3.8, 4) is 11.5 Å². The number of nitrogens with zero attached hydrogens (tertiary/aromatic N) is 2. The maximum absolute atomic E-state index is 12.4. The molecule has 0 saturated heterocycles. The van der Waals surface area contributed by atoms with Gasteiger partial charge in [-0.3, -0.25) is 4.79 Å². The number of methoxy groups -OCH3 is 2. The summed E-state index contributed by atoms with van der Waals surface area (Å²) in [7, 11) is 3.16. The first-order chi connectivity index (χ1) is 13.6. The van der Waals surface area contributed by atoms with E-state index in [1.807, 2.05) is 13.0 Å². The number of thioether (sulfide) groups is 1. The number of benzene rings is 1. The fourth-order valence-electron chi connectivity index (χ4n) is 3.18. The number of nitrogens with one attached hydrogen (secondary N) is 2. The number of aryl methyl sites for hydroxylation is 1. The second-order valence-electron chi connectivity index (χ2n) is 6.71. The highest BCUT2D eigenvalue weighted by Crippen LogP contribution is 2.33. The first kappa shape index (κ1) is 20.7. The SMILES string of the molecule is COc1cc(C)c(NC(=O)CSc2nnc(NC3CCCCC3)s2)cc1OC. The summed E-state index contributed by atoms with van der Waals surface area (Å²) in [4.78, 5) is 12.4. The van der Waals surface area contributed by atoms with Gasteiger partial charge in [-0.2, -0.15) is 0 Å². The molecular weight excluding hydrogens is 396 g/mol. The van der Waals surface area contributed by atoms with Gasteiger partial charge in [0.25, 0.3) is 0 Å². The van der Waals surface area contributed by atoms with Crippen molar-refractivity contribution in [1.82, 2.24) is 10.2 Å². The summed E-state index contributed by atoms with van der Waals surface area (Å²) < 4.78 is 11.4. The highest BCUT2D eigenvalue weighted by molar-refractivity contribution is 8.01. The van der Waals surface area contributed by atoms with E-state index in [1.165, 1.54) is 55.2 Å². The molecule has 1 aromatic heterocycles. The van der Waals surface area contributed by atoms with Crippen LogP contribution in [0.25, 0.3) is 0 Å². The zero-order chi connectivity index (χ0) is 19.9. The molecule has 1 heterocycles. The van der Waals surface area contributed by atoms with Crippen molar-refractivity contribution in [2.24, 2.45) is 0 Å². The van der Waals surface area contributed by atoms with Crippen LogP contribution >= 0.6 is 23.1 Å². The van der Waals surface area contributed by atoms with Crippen LogP contribution < -0.4 is 20.1 Å². The number of anilines is 2. The predicted molar refractivity (Wildman–Crippen MR) is 114 cm³/mol. The molecule has 1 aromatic carbocycles. The van der Waals surface area contributed by atoms with Crippen molar-refractivity contribution >= 4 is 39.8 Å². The first-order valence-electron chi connectivity index (χ1n) is 9.34. The lowest BCUT2D eigenvalue weighted by Gasteiger charge is -2.21. The van der Waals surface area contributed by atoms with Crippen molar-refractivity contribution in [3.05, 3.63) is 17.7 Å². The lowest BCUT2D eigenvalue weighted by molar-refractivity contribution is -0.113. The zero-order valence-electron chi connectivity index (χ0n) is 16.4. The molecule has 1 amide bonds. The molecule has 1 saturated carbocycles. The summed E-state index contributed by atoms with van der Waals surface area (Å²) in [6.07, 6.45) is 6.25. The van der Waals surface area contributed by atoms with Crippen LogP contribution in [-0.4, -0.2) is 42.1 Å². The van der Waals surface area contributed by atoms with Gasteiger partial charge in [-0.1, -0.05) is 42.4 Å². The van der Waals surface area contributed by atoms with E-state index in [9.17, 15) is 4.79 Å². The maximum Gasteiger partial charge on any atom is 0.234 e. The molecule has 2 N–H and O–H groups in total. The molecule has 0 atom stereocenters. The fourth-order valence-corrected chi connectivity index (χ4v) is 4.81. The monoisotopic (exact) mass is 422 g/mol. The van der Waals surface area contributed by atoms with Crippen molar-refractivity contribution in [3.63, 3.8) is 0 Å². The van der Waals surface area contributed by atoms with Crippen LogP contribution in [-0.2, 0) is 4.79 Å². The van der Waals surface area contributed by atoms with E-state index in [4.69, 9.17) is 9.47 Å². The minimum atomic E-state index is -0.0997. The Labute approximate surface area is 173 Å². The van der Waals surface area contributed by atoms with Crippen LogP contribution in [0, 0.1) is 6.92 Å². The molecule has 1 fully saturated rings. The van der Waals surface area contributed by atoms with E-state index < -0.39 is 0 Å². The number of hydrogen-bond acceptors (Lipinski definition) is 8. The van der Waals surface area contributed by atoms with E-state index in [-0.39, 0.29) is 11.7 Å². The Morgan fingerprint density at radius 2 is 1.89 bits per heavy atom. The van der Waals surface area contributed by atoms with Crippen LogP contribution in [0.2, 0.25) is 0 Å². The predicted octanol–water partition coefficient (Wildman–Crippen LogP) is 4.34. The number of carbonyl (C=O) groups excluding carboxylic acids is 1. The van der Waals surface area contributed by atoms with Gasteiger partial charge in [0, 0.05) is 17.8 Å². The lowest BCUT2D eigenvalue weighted by Crippen LogP contribution is -2.21. The summed E-state index contributed by atoms with van der Waals surface area (Å²) in [5.41, 5.74) is 1.62. The third-order valence-corrected chi connectivity index (χ3v) is 6.66. The lowest BCUT2D eigenvalue weighted by atomic mass is 9.96. The second-order valence-corrected chi connectivity index (χ2v) is 8.91. The molecule has 1 aliphatic carbocycles. The molecule has 152 valence electrons. The maximum atomic E-state index is 12.4. The number of hydrogen-bond donors (Lipinski definition) is 2. The molecule has 0 spiro atoms. The molecule has 28 heavy (non-hydrogen) atoms. The van der Waals surface area contributed by atoms with Crippen molar-refractivity contribution < 1.29 is 14.3 Å². The fraction of sp³-hybridized carbons (Fsp3) is 0.526. The van der Waals surface area contributed by atoms with Gasteiger partial charge in [0.05, 0.1) is 20.0 Å². The van der Waals surface area contributed by atoms with Gasteiger partial charge < -0.3 is 20.1 Å². The number of rotatable bonds is 8. The Balaban J connectivity index is 1.52. The van der Waals surface area contributed by atoms with Gasteiger partial charge >= 0.3 is 0 Å². The Morgan fingerprint density at radius 1 is 1.18 bits per heavy atom. The van der Waals surface area contributed by atoms with E-state index in [0.29, 0.717) is 23.2 Å². The van der Waals surface area contributed by atoms with Crippen LogP contribution in [0.1, 0.15) is 37.7 Å². The first-order valence-corrected chi connectivity index (χ1v) is 11.1. The normalized spacial score (nSPS) is 14.5. The highest BCUT2D eigenvalue weighted by atomic mass is 32.2. The molecule has 9 heteroatoms. The smallest absolute Gasteiger partial charge is 0.234 e. The number of ether oxygens (including phenoxy) is 2. The summed E-state index contributed by atoms with van der Waals surface area (Å²) in [6, 6.07) is 4.11. The summed E-state index contributed by atoms with van der Waals surface area (Å²) >= 11 is 2.89. The van der Waals surface area contributed by atoms with Crippen LogP contribution in [0.15, 0.2) is 16.5 Å². The zero-order valence-corrected chi connectivity index (χ0v) is 18.0. The summed E-state index contributed by atoms with van der Waals surface area (Å²) in [6.45, 7) is 1.92. The third kappa shape index (κ3) is 5.51. The second kappa shape index (κ2) is 9.97. The molecule has 0 radical (unpaired) electrons. The van der Waals surface area contributed by atoms with Gasteiger partial charge in [-0.05, 0) is 31.4 Å². The summed E-state index contributed by atoms with van der Waals surface area (Å²) in [5.74, 6) is 1.39. The van der Waals surface area contributed by atoms with E-state index in [1.54, 1.807) is 20.3 Å². The van der Waals surface area contributed by atoms with Gasteiger partial charge in [0.1, 0.15) is 0 Å². The Kier molecular flexibility index (Phi) is 7.38. The van der Waals surface area contributed by atoms with Crippen LogP contribution in [0.4, 0.5) is 10.8 Å².